The second-order valence-corrected chi connectivity index (χ2v) is 3.45. The number of alkyl halides is 3. The molecule has 5 nitrogen and oxygen atoms in total. The number of rotatable bonds is 3. The van der Waals surface area contributed by atoms with Crippen LogP contribution in [0, 0.1) is 0 Å². The summed E-state index contributed by atoms with van der Waals surface area (Å²) in [6, 6.07) is -0.579. The Bertz CT molecular complexity index is 293. The Balaban J connectivity index is 2.41. The van der Waals surface area contributed by atoms with Gasteiger partial charge in [-0.3, -0.25) is 9.59 Å². The van der Waals surface area contributed by atoms with E-state index in [1.807, 2.05) is 0 Å². The Morgan fingerprint density at radius 1 is 1.44 bits per heavy atom. The van der Waals surface area contributed by atoms with E-state index in [0.29, 0.717) is 11.3 Å². The number of hydrogen-bond acceptors (Lipinski definition) is 3. The van der Waals surface area contributed by atoms with Gasteiger partial charge in [-0.25, -0.2) is 0 Å². The predicted molar refractivity (Wildman–Crippen MR) is 48.2 cm³/mol. The minimum absolute atomic E-state index is 0.0118. The first-order valence-electron chi connectivity index (χ1n) is 4.71. The minimum atomic E-state index is -4.85. The van der Waals surface area contributed by atoms with Gasteiger partial charge in [0.1, 0.15) is 0 Å². The van der Waals surface area contributed by atoms with Gasteiger partial charge in [0.2, 0.25) is 5.91 Å². The lowest BCUT2D eigenvalue weighted by molar-refractivity contribution is -0.192. The van der Waals surface area contributed by atoms with Crippen molar-refractivity contribution in [2.75, 3.05) is 19.6 Å². The van der Waals surface area contributed by atoms with Crippen molar-refractivity contribution in [1.82, 2.24) is 10.2 Å². The molecular formula is C8H12F3N3O2. The molecule has 0 aromatic heterocycles. The van der Waals surface area contributed by atoms with Crippen molar-refractivity contribution in [2.45, 2.75) is 18.6 Å². The van der Waals surface area contributed by atoms with Crippen molar-refractivity contribution in [3.05, 3.63) is 0 Å². The van der Waals surface area contributed by atoms with Crippen molar-refractivity contribution in [2.24, 2.45) is 5.73 Å². The number of nitrogens with one attached hydrogen (secondary N) is 1. The standard InChI is InChI=1S/C8H12F3N3O2/c9-8(10,11)7(16)14-2-1-5(14)4-13-6(15)3-12/h5H,1-4,12H2,(H,13,15). The number of halogens is 3. The van der Waals surface area contributed by atoms with Gasteiger partial charge < -0.3 is 16.0 Å². The predicted octanol–water partition coefficient (Wildman–Crippen LogP) is -0.776. The summed E-state index contributed by atoms with van der Waals surface area (Å²) < 4.78 is 36.2. The maximum atomic E-state index is 12.1. The maximum absolute atomic E-state index is 12.1. The molecule has 0 radical (unpaired) electrons. The van der Waals surface area contributed by atoms with Gasteiger partial charge in [-0.05, 0) is 6.42 Å². The third kappa shape index (κ3) is 2.84. The van der Waals surface area contributed by atoms with Crippen LogP contribution < -0.4 is 11.1 Å². The van der Waals surface area contributed by atoms with Crippen LogP contribution in [-0.2, 0) is 9.59 Å². The van der Waals surface area contributed by atoms with Gasteiger partial charge in [0, 0.05) is 13.1 Å². The zero-order valence-corrected chi connectivity index (χ0v) is 8.38. The summed E-state index contributed by atoms with van der Waals surface area (Å²) in [4.78, 5) is 22.3. The molecule has 16 heavy (non-hydrogen) atoms. The summed E-state index contributed by atoms with van der Waals surface area (Å²) in [6.45, 7) is -0.140. The summed E-state index contributed by atoms with van der Waals surface area (Å²) in [6.07, 6.45) is -4.40. The van der Waals surface area contributed by atoms with E-state index in [4.69, 9.17) is 5.73 Å². The summed E-state index contributed by atoms with van der Waals surface area (Å²) in [5, 5.41) is 2.35. The highest BCUT2D eigenvalue weighted by atomic mass is 19.4. The quantitative estimate of drug-likeness (QED) is 0.678. The summed E-state index contributed by atoms with van der Waals surface area (Å²) in [7, 11) is 0. The molecule has 0 aromatic carbocycles. The highest BCUT2D eigenvalue weighted by Gasteiger charge is 2.47. The van der Waals surface area contributed by atoms with Crippen LogP contribution in [0.25, 0.3) is 0 Å². The second kappa shape index (κ2) is 4.69. The molecule has 1 saturated heterocycles. The Hall–Kier alpha value is -1.31. The van der Waals surface area contributed by atoms with E-state index in [1.54, 1.807) is 0 Å². The molecule has 1 aliphatic rings. The first kappa shape index (κ1) is 12.8. The molecule has 1 unspecified atom stereocenters. The molecule has 1 rings (SSSR count). The maximum Gasteiger partial charge on any atom is 0.471 e. The average Bonchev–Trinajstić information content (AvgIpc) is 2.14. The fraction of sp³-hybridized carbons (Fsp3) is 0.750. The van der Waals surface area contributed by atoms with Crippen LogP contribution in [-0.4, -0.2) is 48.6 Å². The van der Waals surface area contributed by atoms with Gasteiger partial charge in [-0.15, -0.1) is 0 Å². The third-order valence-corrected chi connectivity index (χ3v) is 2.37. The molecule has 0 saturated carbocycles. The average molecular weight is 239 g/mol. The van der Waals surface area contributed by atoms with Crippen molar-refractivity contribution in [1.29, 1.82) is 0 Å². The number of carbonyl (C=O) groups is 2. The lowest BCUT2D eigenvalue weighted by atomic mass is 10.0. The summed E-state index contributed by atoms with van der Waals surface area (Å²) in [5.41, 5.74) is 5.01. The number of nitrogens with two attached hydrogens (primary N) is 1. The second-order valence-electron chi connectivity index (χ2n) is 3.45. The van der Waals surface area contributed by atoms with Crippen LogP contribution in [0.1, 0.15) is 6.42 Å². The zero-order valence-electron chi connectivity index (χ0n) is 8.38. The van der Waals surface area contributed by atoms with Crippen LogP contribution in [0.2, 0.25) is 0 Å². The largest absolute Gasteiger partial charge is 0.471 e. The minimum Gasteiger partial charge on any atom is -0.353 e. The van der Waals surface area contributed by atoms with E-state index in [0.717, 1.165) is 0 Å². The van der Waals surface area contributed by atoms with Gasteiger partial charge in [-0.2, -0.15) is 13.2 Å². The lowest BCUT2D eigenvalue weighted by Gasteiger charge is -2.41. The van der Waals surface area contributed by atoms with Crippen molar-refractivity contribution in [3.63, 3.8) is 0 Å². The fourth-order valence-electron chi connectivity index (χ4n) is 1.39. The number of hydrogen-bond donors (Lipinski definition) is 2. The van der Waals surface area contributed by atoms with E-state index >= 15 is 0 Å². The van der Waals surface area contributed by atoms with E-state index in [1.165, 1.54) is 0 Å². The molecule has 1 aliphatic heterocycles. The van der Waals surface area contributed by atoms with Gasteiger partial charge >= 0.3 is 12.1 Å². The molecule has 1 atom stereocenters. The normalized spacial score (nSPS) is 20.2. The molecule has 1 fully saturated rings. The number of carbonyl (C=O) groups excluding carboxylic acids is 2. The van der Waals surface area contributed by atoms with Crippen LogP contribution in [0.3, 0.4) is 0 Å². The molecule has 0 bridgehead atoms. The Kier molecular flexibility index (Phi) is 3.74. The van der Waals surface area contributed by atoms with Crippen LogP contribution >= 0.6 is 0 Å². The molecular weight excluding hydrogens is 227 g/mol. The van der Waals surface area contributed by atoms with Crippen molar-refractivity contribution < 1.29 is 22.8 Å². The molecule has 92 valence electrons. The lowest BCUT2D eigenvalue weighted by Crippen LogP contribution is -2.59. The summed E-state index contributed by atoms with van der Waals surface area (Å²) in [5.74, 6) is -2.31. The highest BCUT2D eigenvalue weighted by molar-refractivity contribution is 5.83. The molecule has 8 heteroatoms. The molecule has 0 spiro atoms. The van der Waals surface area contributed by atoms with E-state index in [9.17, 15) is 22.8 Å². The highest BCUT2D eigenvalue weighted by Crippen LogP contribution is 2.25. The van der Waals surface area contributed by atoms with Gasteiger partial charge in [0.15, 0.2) is 0 Å². The van der Waals surface area contributed by atoms with Crippen LogP contribution in [0.15, 0.2) is 0 Å². The monoisotopic (exact) mass is 239 g/mol. The van der Waals surface area contributed by atoms with Crippen LogP contribution in [0.4, 0.5) is 13.2 Å². The number of nitrogens with zero attached hydrogens (tertiary/aromatic N) is 1. The number of likely N-dealkylation sites (tertiary alicyclic amines) is 1. The number of amides is 2. The van der Waals surface area contributed by atoms with E-state index in [-0.39, 0.29) is 19.6 Å². The topological polar surface area (TPSA) is 75.4 Å². The van der Waals surface area contributed by atoms with Gasteiger partial charge in [0.05, 0.1) is 12.6 Å². The fourth-order valence-corrected chi connectivity index (χ4v) is 1.39. The third-order valence-electron chi connectivity index (χ3n) is 2.37. The molecule has 2 amide bonds. The van der Waals surface area contributed by atoms with Crippen LogP contribution in [0.5, 0.6) is 0 Å². The SMILES string of the molecule is NCC(=O)NCC1CCN1C(=O)C(F)(F)F. The summed E-state index contributed by atoms with van der Waals surface area (Å²) >= 11 is 0. The van der Waals surface area contributed by atoms with Crippen molar-refractivity contribution in [3.8, 4) is 0 Å². The van der Waals surface area contributed by atoms with Crippen molar-refractivity contribution >= 4 is 11.8 Å². The van der Waals surface area contributed by atoms with E-state index < -0.39 is 24.0 Å². The Morgan fingerprint density at radius 2 is 2.06 bits per heavy atom. The Labute approximate surface area is 89.8 Å². The Morgan fingerprint density at radius 3 is 2.44 bits per heavy atom. The zero-order chi connectivity index (χ0) is 12.3. The smallest absolute Gasteiger partial charge is 0.353 e. The van der Waals surface area contributed by atoms with Gasteiger partial charge in [-0.1, -0.05) is 0 Å². The molecule has 0 aromatic rings. The first-order chi connectivity index (χ1) is 7.36. The molecule has 0 aliphatic carbocycles. The first-order valence-corrected chi connectivity index (χ1v) is 4.71. The molecule has 3 N–H and O–H groups in total. The van der Waals surface area contributed by atoms with E-state index in [2.05, 4.69) is 5.32 Å². The van der Waals surface area contributed by atoms with Gasteiger partial charge in [0.25, 0.3) is 0 Å². The molecule has 1 heterocycles.